The molecule has 0 fully saturated rings. The maximum absolute atomic E-state index is 10.1. The third-order valence-corrected chi connectivity index (χ3v) is 4.50. The second kappa shape index (κ2) is 6.87. The van der Waals surface area contributed by atoms with Gasteiger partial charge in [0.05, 0.1) is 12.3 Å². The number of amidine groups is 1. The Labute approximate surface area is 143 Å². The summed E-state index contributed by atoms with van der Waals surface area (Å²) in [7, 11) is 0. The van der Waals surface area contributed by atoms with Crippen LogP contribution in [0.4, 0.5) is 0 Å². The number of benzene rings is 2. The van der Waals surface area contributed by atoms with Crippen LogP contribution in [0.5, 0.6) is 5.75 Å². The molecular weight excluding hydrogens is 298 g/mol. The monoisotopic (exact) mass is 321 g/mol. The lowest BCUT2D eigenvalue weighted by Gasteiger charge is -2.19. The minimum absolute atomic E-state index is 0.186. The number of hydrazone groups is 1. The molecule has 0 saturated carbocycles. The Morgan fingerprint density at radius 1 is 1.21 bits per heavy atom. The molecule has 0 bridgehead atoms. The van der Waals surface area contributed by atoms with Gasteiger partial charge in [0.2, 0.25) is 0 Å². The summed E-state index contributed by atoms with van der Waals surface area (Å²) in [4.78, 5) is 0. The lowest BCUT2D eigenvalue weighted by atomic mass is 9.97. The van der Waals surface area contributed by atoms with Gasteiger partial charge in [0, 0.05) is 17.9 Å². The van der Waals surface area contributed by atoms with Crippen molar-refractivity contribution in [2.45, 2.75) is 26.2 Å². The molecule has 2 aromatic carbocycles. The Balaban J connectivity index is 1.74. The molecule has 0 radical (unpaired) electrons. The zero-order valence-corrected chi connectivity index (χ0v) is 14.1. The van der Waals surface area contributed by atoms with E-state index in [1.807, 2.05) is 30.3 Å². The normalized spacial score (nSPS) is 18.3. The van der Waals surface area contributed by atoms with Gasteiger partial charge < -0.3 is 5.11 Å². The number of nitrogens with zero attached hydrogens (tertiary/aromatic N) is 2. The van der Waals surface area contributed by atoms with Gasteiger partial charge in [-0.1, -0.05) is 56.3 Å². The molecule has 2 N–H and O–H groups in total. The maximum atomic E-state index is 10.1. The van der Waals surface area contributed by atoms with Crippen LogP contribution >= 0.6 is 0 Å². The molecule has 4 nitrogen and oxygen atoms in total. The molecule has 4 heteroatoms. The summed E-state index contributed by atoms with van der Waals surface area (Å²) in [5.74, 6) is 1.22. The Morgan fingerprint density at radius 3 is 2.58 bits per heavy atom. The summed E-state index contributed by atoms with van der Waals surface area (Å²) < 4.78 is 0. The fraction of sp³-hybridized carbons (Fsp3) is 0.300. The van der Waals surface area contributed by atoms with Crippen molar-refractivity contribution in [2.75, 3.05) is 6.54 Å². The predicted molar refractivity (Wildman–Crippen MR) is 97.7 cm³/mol. The molecule has 3 rings (SSSR count). The lowest BCUT2D eigenvalue weighted by Crippen LogP contribution is -2.26. The summed E-state index contributed by atoms with van der Waals surface area (Å²) in [6.07, 6.45) is 0.647. The molecule has 1 heterocycles. The molecule has 124 valence electrons. The number of hydrogen-bond acceptors (Lipinski definition) is 3. The minimum Gasteiger partial charge on any atom is -0.507 e. The van der Waals surface area contributed by atoms with Crippen molar-refractivity contribution in [2.24, 2.45) is 11.0 Å². The first-order valence-electron chi connectivity index (χ1n) is 8.33. The molecule has 0 aromatic heterocycles. The molecule has 2 atom stereocenters. The average Bonchev–Trinajstić information content (AvgIpc) is 2.98. The van der Waals surface area contributed by atoms with Crippen LogP contribution in [-0.4, -0.2) is 28.2 Å². The van der Waals surface area contributed by atoms with Crippen LogP contribution in [0.25, 0.3) is 0 Å². The highest BCUT2D eigenvalue weighted by Gasteiger charge is 2.28. The van der Waals surface area contributed by atoms with E-state index in [1.165, 1.54) is 5.56 Å². The summed E-state index contributed by atoms with van der Waals surface area (Å²) in [5.41, 5.74) is 2.85. The molecule has 0 spiro atoms. The van der Waals surface area contributed by atoms with Crippen LogP contribution in [0.1, 0.15) is 37.3 Å². The van der Waals surface area contributed by atoms with Gasteiger partial charge in [0.25, 0.3) is 0 Å². The fourth-order valence-electron chi connectivity index (χ4n) is 3.09. The van der Waals surface area contributed by atoms with Gasteiger partial charge in [-0.25, -0.2) is 0 Å². The molecule has 0 amide bonds. The Hall–Kier alpha value is -2.62. The predicted octanol–water partition coefficient (Wildman–Crippen LogP) is 4.22. The van der Waals surface area contributed by atoms with Gasteiger partial charge in [-0.05, 0) is 23.6 Å². The highest BCUT2D eigenvalue weighted by atomic mass is 16.3. The van der Waals surface area contributed by atoms with Crippen LogP contribution in [0.15, 0.2) is 59.7 Å². The largest absolute Gasteiger partial charge is 0.507 e. The zero-order valence-electron chi connectivity index (χ0n) is 14.1. The number of phenols is 1. The van der Waals surface area contributed by atoms with Crippen molar-refractivity contribution >= 4 is 11.5 Å². The first kappa shape index (κ1) is 16.2. The number of aromatic hydroxyl groups is 1. The van der Waals surface area contributed by atoms with Crippen molar-refractivity contribution in [1.82, 2.24) is 5.01 Å². The van der Waals surface area contributed by atoms with Gasteiger partial charge in [-0.15, -0.1) is 0 Å². The van der Waals surface area contributed by atoms with E-state index in [0.29, 0.717) is 18.8 Å². The van der Waals surface area contributed by atoms with Crippen LogP contribution < -0.4 is 0 Å². The van der Waals surface area contributed by atoms with Gasteiger partial charge in [0.15, 0.2) is 0 Å². The SMILES string of the molecule is CC1CN(C(=N)C[C@@H](C)c2ccccc2)N=C1c1ccccc1O. The van der Waals surface area contributed by atoms with Crippen molar-refractivity contribution in [3.8, 4) is 5.75 Å². The second-order valence-electron chi connectivity index (χ2n) is 6.45. The first-order chi connectivity index (χ1) is 11.6. The Bertz CT molecular complexity index is 754. The lowest BCUT2D eigenvalue weighted by molar-refractivity contribution is 0.439. The molecule has 1 unspecified atom stereocenters. The van der Waals surface area contributed by atoms with Crippen molar-refractivity contribution in [3.63, 3.8) is 0 Å². The smallest absolute Gasteiger partial charge is 0.124 e. The second-order valence-corrected chi connectivity index (χ2v) is 6.45. The van der Waals surface area contributed by atoms with Crippen molar-refractivity contribution in [3.05, 3.63) is 65.7 Å². The molecule has 0 aliphatic carbocycles. The average molecular weight is 321 g/mol. The van der Waals surface area contributed by atoms with E-state index in [4.69, 9.17) is 5.41 Å². The Kier molecular flexibility index (Phi) is 4.65. The summed E-state index contributed by atoms with van der Waals surface area (Å²) in [5, 5.41) is 24.9. The highest BCUT2D eigenvalue weighted by molar-refractivity contribution is 6.06. The van der Waals surface area contributed by atoms with E-state index in [9.17, 15) is 5.11 Å². The van der Waals surface area contributed by atoms with Crippen LogP contribution in [0.2, 0.25) is 0 Å². The van der Waals surface area contributed by atoms with E-state index in [-0.39, 0.29) is 17.6 Å². The molecule has 24 heavy (non-hydrogen) atoms. The van der Waals surface area contributed by atoms with E-state index in [1.54, 1.807) is 17.1 Å². The quantitative estimate of drug-likeness (QED) is 0.654. The Morgan fingerprint density at radius 2 is 1.88 bits per heavy atom. The van der Waals surface area contributed by atoms with E-state index in [0.717, 1.165) is 11.3 Å². The summed E-state index contributed by atoms with van der Waals surface area (Å²) >= 11 is 0. The molecule has 2 aromatic rings. The van der Waals surface area contributed by atoms with E-state index in [2.05, 4.69) is 31.1 Å². The third-order valence-electron chi connectivity index (χ3n) is 4.50. The fourth-order valence-corrected chi connectivity index (χ4v) is 3.09. The van der Waals surface area contributed by atoms with E-state index >= 15 is 0 Å². The number of phenolic OH excluding ortho intramolecular Hbond substituents is 1. The third kappa shape index (κ3) is 3.32. The van der Waals surface area contributed by atoms with Gasteiger partial charge >= 0.3 is 0 Å². The van der Waals surface area contributed by atoms with Gasteiger partial charge in [0.1, 0.15) is 11.6 Å². The highest BCUT2D eigenvalue weighted by Crippen LogP contribution is 2.27. The summed E-state index contributed by atoms with van der Waals surface area (Å²) in [6, 6.07) is 17.5. The number of nitrogens with one attached hydrogen (secondary N) is 1. The first-order valence-corrected chi connectivity index (χ1v) is 8.33. The molecule has 1 aliphatic rings. The maximum Gasteiger partial charge on any atom is 0.124 e. The van der Waals surface area contributed by atoms with Crippen molar-refractivity contribution < 1.29 is 5.11 Å². The number of para-hydroxylation sites is 1. The standard InChI is InChI=1S/C20H23N3O/c1-14(16-8-4-3-5-9-16)12-19(21)23-13-15(2)20(22-23)17-10-6-7-11-18(17)24/h3-11,14-15,21,24H,12-13H2,1-2H3/t14-,15?/m1/s1. The molecule has 0 saturated heterocycles. The zero-order chi connectivity index (χ0) is 17.1. The number of hydrogen-bond donors (Lipinski definition) is 2. The number of rotatable bonds is 4. The summed E-state index contributed by atoms with van der Waals surface area (Å²) in [6.45, 7) is 4.90. The minimum atomic E-state index is 0.186. The van der Waals surface area contributed by atoms with Gasteiger partial charge in [-0.3, -0.25) is 10.4 Å². The van der Waals surface area contributed by atoms with Crippen molar-refractivity contribution in [1.29, 1.82) is 5.41 Å². The topological polar surface area (TPSA) is 59.7 Å². The molecule has 1 aliphatic heterocycles. The van der Waals surface area contributed by atoms with Crippen LogP contribution in [0, 0.1) is 11.3 Å². The molecular formula is C20H23N3O. The van der Waals surface area contributed by atoms with Gasteiger partial charge in [-0.2, -0.15) is 5.10 Å². The van der Waals surface area contributed by atoms with Crippen LogP contribution in [0.3, 0.4) is 0 Å². The van der Waals surface area contributed by atoms with Crippen LogP contribution in [-0.2, 0) is 0 Å². The van der Waals surface area contributed by atoms with E-state index < -0.39 is 0 Å².